The first-order valence-electron chi connectivity index (χ1n) is 11.2. The number of esters is 1. The Morgan fingerprint density at radius 2 is 1.91 bits per heavy atom. The van der Waals surface area contributed by atoms with Crippen molar-refractivity contribution in [1.29, 1.82) is 0 Å². The number of unbranched alkanes of at least 4 members (excludes halogenated alkanes) is 1. The van der Waals surface area contributed by atoms with Gasteiger partial charge in [0.2, 0.25) is 5.95 Å². The van der Waals surface area contributed by atoms with Gasteiger partial charge in [0.25, 0.3) is 10.0 Å². The molecule has 1 aliphatic rings. The maximum absolute atomic E-state index is 13.7. The van der Waals surface area contributed by atoms with Gasteiger partial charge in [-0.05, 0) is 54.8 Å². The van der Waals surface area contributed by atoms with E-state index in [-0.39, 0.29) is 21.5 Å². The Bertz CT molecular complexity index is 1320. The molecule has 0 bridgehead atoms. The Balaban J connectivity index is 1.71. The van der Waals surface area contributed by atoms with E-state index in [0.717, 1.165) is 27.9 Å². The highest BCUT2D eigenvalue weighted by atomic mass is 35.5. The zero-order valence-electron chi connectivity index (χ0n) is 19.4. The van der Waals surface area contributed by atoms with Crippen LogP contribution in [0.25, 0.3) is 0 Å². The normalized spacial score (nSPS) is 13.1. The van der Waals surface area contributed by atoms with Crippen molar-refractivity contribution in [2.75, 3.05) is 28.9 Å². The van der Waals surface area contributed by atoms with Gasteiger partial charge in [0.05, 0.1) is 17.2 Å². The number of rotatable bonds is 9. The predicted molar refractivity (Wildman–Crippen MR) is 137 cm³/mol. The van der Waals surface area contributed by atoms with Crippen LogP contribution in [0.5, 0.6) is 0 Å². The summed E-state index contributed by atoms with van der Waals surface area (Å²) in [6.07, 6.45) is 5.86. The number of benzene rings is 2. The maximum Gasteiger partial charge on any atom is 0.326 e. The van der Waals surface area contributed by atoms with Crippen LogP contribution in [0.2, 0.25) is 10.0 Å². The third kappa shape index (κ3) is 5.42. The number of anilines is 3. The SMILES string of the molecule is CCCCOC(=O)CN(c1ccc2c(c1)CCN2c1nccn1C)S(=O)(=O)c1cc(Cl)cc(Cl)c1. The van der Waals surface area contributed by atoms with E-state index in [9.17, 15) is 13.2 Å². The Morgan fingerprint density at radius 3 is 2.57 bits per heavy atom. The number of aryl methyl sites for hydroxylation is 1. The number of hydrogen-bond acceptors (Lipinski definition) is 6. The summed E-state index contributed by atoms with van der Waals surface area (Å²) >= 11 is 12.2. The maximum atomic E-state index is 13.7. The van der Waals surface area contributed by atoms with Gasteiger partial charge in [0.15, 0.2) is 0 Å². The number of fused-ring (bicyclic) bond motifs is 1. The molecule has 0 aliphatic carbocycles. The van der Waals surface area contributed by atoms with Gasteiger partial charge in [-0.2, -0.15) is 0 Å². The molecular formula is C24H26Cl2N4O4S. The van der Waals surface area contributed by atoms with Crippen LogP contribution in [0.3, 0.4) is 0 Å². The summed E-state index contributed by atoms with van der Waals surface area (Å²) in [6, 6.07) is 9.41. The lowest BCUT2D eigenvalue weighted by Gasteiger charge is -2.25. The Hall–Kier alpha value is -2.75. The molecule has 2 heterocycles. The van der Waals surface area contributed by atoms with Crippen LogP contribution in [0.1, 0.15) is 25.3 Å². The summed E-state index contributed by atoms with van der Waals surface area (Å²) in [4.78, 5) is 19.0. The minimum absolute atomic E-state index is 0.105. The zero-order valence-corrected chi connectivity index (χ0v) is 21.8. The van der Waals surface area contributed by atoms with Crippen molar-refractivity contribution >= 4 is 56.5 Å². The standard InChI is InChI=1S/C24H26Cl2N4O4S/c1-3-4-11-34-23(31)16-30(35(32,33)21-14-18(25)13-19(26)15-21)20-5-6-22-17(12-20)7-9-29(22)24-27-8-10-28(24)2/h5-6,8,10,12-15H,3-4,7,9,11,16H2,1-2H3. The predicted octanol–water partition coefficient (Wildman–Crippen LogP) is 4.96. The van der Waals surface area contributed by atoms with Crippen LogP contribution in [0.15, 0.2) is 53.7 Å². The molecule has 0 N–H and O–H groups in total. The number of carbonyl (C=O) groups excluding carboxylic acids is 1. The number of ether oxygens (including phenoxy) is 1. The van der Waals surface area contributed by atoms with Gasteiger partial charge in [0.1, 0.15) is 6.54 Å². The molecular weight excluding hydrogens is 511 g/mol. The lowest BCUT2D eigenvalue weighted by Crippen LogP contribution is -2.36. The average Bonchev–Trinajstić information content (AvgIpc) is 3.42. The van der Waals surface area contributed by atoms with Gasteiger partial charge in [-0.25, -0.2) is 13.4 Å². The van der Waals surface area contributed by atoms with E-state index in [4.69, 9.17) is 27.9 Å². The molecule has 186 valence electrons. The Kier molecular flexibility index (Phi) is 7.59. The fourth-order valence-electron chi connectivity index (χ4n) is 3.98. The monoisotopic (exact) mass is 536 g/mol. The molecule has 0 atom stereocenters. The summed E-state index contributed by atoms with van der Waals surface area (Å²) in [6.45, 7) is 2.44. The summed E-state index contributed by atoms with van der Waals surface area (Å²) < 4.78 is 35.6. The summed E-state index contributed by atoms with van der Waals surface area (Å²) in [5, 5.41) is 0.363. The molecule has 0 fully saturated rings. The Morgan fingerprint density at radius 1 is 1.17 bits per heavy atom. The molecule has 0 radical (unpaired) electrons. The fraction of sp³-hybridized carbons (Fsp3) is 0.333. The van der Waals surface area contributed by atoms with Crippen LogP contribution in [-0.2, 0) is 33.0 Å². The summed E-state index contributed by atoms with van der Waals surface area (Å²) in [5.74, 6) is 0.166. The molecule has 0 unspecified atom stereocenters. The molecule has 2 aromatic carbocycles. The largest absolute Gasteiger partial charge is 0.464 e. The molecule has 8 nitrogen and oxygen atoms in total. The smallest absolute Gasteiger partial charge is 0.326 e. The first kappa shape index (κ1) is 25.3. The third-order valence-corrected chi connectivity index (χ3v) is 7.93. The number of hydrogen-bond donors (Lipinski definition) is 0. The molecule has 1 aliphatic heterocycles. The van der Waals surface area contributed by atoms with Gasteiger partial charge in [0, 0.05) is 41.7 Å². The number of imidazole rings is 1. The molecule has 4 rings (SSSR count). The highest BCUT2D eigenvalue weighted by Gasteiger charge is 2.31. The van der Waals surface area contributed by atoms with E-state index in [2.05, 4.69) is 9.88 Å². The van der Waals surface area contributed by atoms with Crippen LogP contribution in [0.4, 0.5) is 17.3 Å². The molecule has 0 spiro atoms. The molecule has 0 saturated heterocycles. The minimum Gasteiger partial charge on any atom is -0.464 e. The van der Waals surface area contributed by atoms with Crippen molar-refractivity contribution in [3.8, 4) is 0 Å². The highest BCUT2D eigenvalue weighted by molar-refractivity contribution is 7.92. The fourth-order valence-corrected chi connectivity index (χ4v) is 6.11. The van der Waals surface area contributed by atoms with E-state index in [1.54, 1.807) is 18.3 Å². The van der Waals surface area contributed by atoms with Gasteiger partial charge >= 0.3 is 5.97 Å². The second-order valence-corrected chi connectivity index (χ2v) is 11.0. The number of carbonyl (C=O) groups is 1. The van der Waals surface area contributed by atoms with Crippen molar-refractivity contribution in [3.63, 3.8) is 0 Å². The molecule has 0 saturated carbocycles. The van der Waals surface area contributed by atoms with Crippen molar-refractivity contribution in [3.05, 3.63) is 64.4 Å². The lowest BCUT2D eigenvalue weighted by molar-refractivity contribution is -0.141. The highest BCUT2D eigenvalue weighted by Crippen LogP contribution is 2.37. The van der Waals surface area contributed by atoms with Gasteiger partial charge in [-0.1, -0.05) is 36.5 Å². The van der Waals surface area contributed by atoms with Crippen molar-refractivity contribution in [2.45, 2.75) is 31.1 Å². The third-order valence-electron chi connectivity index (χ3n) is 5.74. The summed E-state index contributed by atoms with van der Waals surface area (Å²) in [7, 11) is -2.25. The van der Waals surface area contributed by atoms with Crippen LogP contribution in [0, 0.1) is 0 Å². The summed E-state index contributed by atoms with van der Waals surface area (Å²) in [5.41, 5.74) is 2.25. The zero-order chi connectivity index (χ0) is 25.2. The molecule has 0 amide bonds. The quantitative estimate of drug-likeness (QED) is 0.284. The molecule has 1 aromatic heterocycles. The van der Waals surface area contributed by atoms with E-state index < -0.39 is 22.5 Å². The Labute approximate surface area is 215 Å². The number of nitrogens with zero attached hydrogens (tertiary/aromatic N) is 4. The van der Waals surface area contributed by atoms with E-state index in [1.807, 2.05) is 30.8 Å². The van der Waals surface area contributed by atoms with Crippen molar-refractivity contribution in [2.24, 2.45) is 7.05 Å². The van der Waals surface area contributed by atoms with Crippen molar-refractivity contribution in [1.82, 2.24) is 9.55 Å². The lowest BCUT2D eigenvalue weighted by atomic mass is 10.1. The van der Waals surface area contributed by atoms with E-state index in [0.29, 0.717) is 25.1 Å². The van der Waals surface area contributed by atoms with Gasteiger partial charge < -0.3 is 14.2 Å². The van der Waals surface area contributed by atoms with Crippen molar-refractivity contribution < 1.29 is 17.9 Å². The second kappa shape index (κ2) is 10.5. The molecule has 35 heavy (non-hydrogen) atoms. The number of aromatic nitrogens is 2. The van der Waals surface area contributed by atoms with Crippen LogP contribution >= 0.6 is 23.2 Å². The first-order chi connectivity index (χ1) is 16.7. The van der Waals surface area contributed by atoms with Gasteiger partial charge in [-0.15, -0.1) is 0 Å². The average molecular weight is 537 g/mol. The molecule has 3 aromatic rings. The topological polar surface area (TPSA) is 84.7 Å². The molecule has 11 heteroatoms. The number of sulfonamides is 1. The van der Waals surface area contributed by atoms with E-state index in [1.165, 1.54) is 18.2 Å². The minimum atomic E-state index is -4.17. The van der Waals surface area contributed by atoms with Gasteiger partial charge in [-0.3, -0.25) is 9.10 Å². The van der Waals surface area contributed by atoms with Crippen LogP contribution < -0.4 is 9.21 Å². The second-order valence-electron chi connectivity index (χ2n) is 8.24. The van der Waals surface area contributed by atoms with E-state index >= 15 is 0 Å². The van der Waals surface area contributed by atoms with Crippen LogP contribution in [-0.4, -0.2) is 43.6 Å². The number of halogens is 2. The first-order valence-corrected chi connectivity index (χ1v) is 13.4.